The number of hydrogen-bond acceptors (Lipinski definition) is 2. The van der Waals surface area contributed by atoms with Crippen molar-refractivity contribution in [2.24, 2.45) is 0 Å². The molecular formula is C15H29N3O. The molecule has 0 aromatic heterocycles. The molecule has 0 aromatic carbocycles. The summed E-state index contributed by atoms with van der Waals surface area (Å²) >= 11 is 0. The van der Waals surface area contributed by atoms with Gasteiger partial charge in [-0.3, -0.25) is 0 Å². The molecule has 0 aromatic rings. The van der Waals surface area contributed by atoms with Gasteiger partial charge in [-0.1, -0.05) is 19.8 Å². The summed E-state index contributed by atoms with van der Waals surface area (Å²) < 4.78 is 0. The summed E-state index contributed by atoms with van der Waals surface area (Å²) in [6, 6.07) is 0.588. The standard InChI is InChI=1S/C15H29N3O/c1-2-9-16-15(19)18-12-5-3-4-8-14(18)13-17-10-6-7-11-17/h14H,2-13H2,1H3,(H,16,19). The highest BCUT2D eigenvalue weighted by molar-refractivity contribution is 5.74. The third-order valence-electron chi connectivity index (χ3n) is 4.33. The number of carbonyl (C=O) groups is 1. The van der Waals surface area contributed by atoms with E-state index in [-0.39, 0.29) is 6.03 Å². The van der Waals surface area contributed by atoms with Gasteiger partial charge in [-0.2, -0.15) is 0 Å². The summed E-state index contributed by atoms with van der Waals surface area (Å²) in [4.78, 5) is 16.9. The smallest absolute Gasteiger partial charge is 0.317 e. The predicted molar refractivity (Wildman–Crippen MR) is 78.3 cm³/mol. The molecule has 1 N–H and O–H groups in total. The van der Waals surface area contributed by atoms with Gasteiger partial charge < -0.3 is 15.1 Å². The maximum absolute atomic E-state index is 12.3. The Labute approximate surface area is 117 Å². The third-order valence-corrected chi connectivity index (χ3v) is 4.33. The average Bonchev–Trinajstić information content (AvgIpc) is 2.81. The van der Waals surface area contributed by atoms with Crippen LogP contribution in [-0.2, 0) is 0 Å². The average molecular weight is 267 g/mol. The topological polar surface area (TPSA) is 35.6 Å². The number of amides is 2. The van der Waals surface area contributed by atoms with Crippen molar-refractivity contribution >= 4 is 6.03 Å². The Kier molecular flexibility index (Phi) is 5.95. The van der Waals surface area contributed by atoms with E-state index in [2.05, 4.69) is 22.0 Å². The number of urea groups is 1. The quantitative estimate of drug-likeness (QED) is 0.849. The lowest BCUT2D eigenvalue weighted by molar-refractivity contribution is 0.153. The number of nitrogens with zero attached hydrogens (tertiary/aromatic N) is 2. The molecule has 2 aliphatic rings. The van der Waals surface area contributed by atoms with Crippen LogP contribution < -0.4 is 5.32 Å². The lowest BCUT2D eigenvalue weighted by Crippen LogP contribution is -2.50. The highest BCUT2D eigenvalue weighted by Crippen LogP contribution is 2.19. The van der Waals surface area contributed by atoms with Gasteiger partial charge in [-0.05, 0) is 45.2 Å². The highest BCUT2D eigenvalue weighted by atomic mass is 16.2. The number of nitrogens with one attached hydrogen (secondary N) is 1. The Hall–Kier alpha value is -0.770. The minimum atomic E-state index is 0.160. The van der Waals surface area contributed by atoms with Crippen molar-refractivity contribution in [1.82, 2.24) is 15.1 Å². The summed E-state index contributed by atoms with van der Waals surface area (Å²) in [5, 5.41) is 3.05. The molecule has 0 radical (unpaired) electrons. The zero-order valence-corrected chi connectivity index (χ0v) is 12.4. The molecule has 4 heteroatoms. The van der Waals surface area contributed by atoms with Crippen molar-refractivity contribution < 1.29 is 4.79 Å². The van der Waals surface area contributed by atoms with E-state index in [0.29, 0.717) is 6.04 Å². The fourth-order valence-corrected chi connectivity index (χ4v) is 3.23. The molecule has 0 spiro atoms. The third kappa shape index (κ3) is 4.37. The fourth-order valence-electron chi connectivity index (χ4n) is 3.23. The van der Waals surface area contributed by atoms with Crippen LogP contribution in [0.4, 0.5) is 4.79 Å². The Balaban J connectivity index is 1.91. The van der Waals surface area contributed by atoms with Crippen LogP contribution in [0, 0.1) is 0 Å². The molecule has 2 fully saturated rings. The largest absolute Gasteiger partial charge is 0.338 e. The van der Waals surface area contributed by atoms with Gasteiger partial charge in [0.15, 0.2) is 0 Å². The molecule has 2 saturated heterocycles. The second kappa shape index (κ2) is 7.73. The van der Waals surface area contributed by atoms with Crippen molar-refractivity contribution in [3.05, 3.63) is 0 Å². The van der Waals surface area contributed by atoms with E-state index in [9.17, 15) is 4.79 Å². The van der Waals surface area contributed by atoms with Crippen molar-refractivity contribution in [2.45, 2.75) is 57.9 Å². The lowest BCUT2D eigenvalue weighted by Gasteiger charge is -2.33. The van der Waals surface area contributed by atoms with E-state index < -0.39 is 0 Å². The maximum atomic E-state index is 12.3. The Morgan fingerprint density at radius 2 is 1.84 bits per heavy atom. The van der Waals surface area contributed by atoms with E-state index in [1.54, 1.807) is 0 Å². The number of hydrogen-bond donors (Lipinski definition) is 1. The molecule has 19 heavy (non-hydrogen) atoms. The van der Waals surface area contributed by atoms with Gasteiger partial charge in [0.25, 0.3) is 0 Å². The second-order valence-corrected chi connectivity index (χ2v) is 5.94. The van der Waals surface area contributed by atoms with Crippen molar-refractivity contribution in [1.29, 1.82) is 0 Å². The first-order valence-electron chi connectivity index (χ1n) is 8.08. The lowest BCUT2D eigenvalue weighted by atomic mass is 10.1. The summed E-state index contributed by atoms with van der Waals surface area (Å²) in [6.07, 6.45) is 8.55. The molecule has 1 unspecified atom stereocenters. The molecule has 1 atom stereocenters. The van der Waals surface area contributed by atoms with E-state index in [4.69, 9.17) is 0 Å². The normalized spacial score (nSPS) is 25.3. The first kappa shape index (κ1) is 14.6. The first-order chi connectivity index (χ1) is 9.31. The van der Waals surface area contributed by atoms with Crippen LogP contribution >= 0.6 is 0 Å². The van der Waals surface area contributed by atoms with Crippen LogP contribution in [0.3, 0.4) is 0 Å². The van der Waals surface area contributed by atoms with Gasteiger partial charge >= 0.3 is 6.03 Å². The van der Waals surface area contributed by atoms with Crippen LogP contribution in [-0.4, -0.2) is 54.6 Å². The molecular weight excluding hydrogens is 238 g/mol. The van der Waals surface area contributed by atoms with Crippen LogP contribution in [0.5, 0.6) is 0 Å². The van der Waals surface area contributed by atoms with E-state index in [1.165, 1.54) is 45.2 Å². The van der Waals surface area contributed by atoms with Crippen molar-refractivity contribution in [3.63, 3.8) is 0 Å². The molecule has 0 aliphatic carbocycles. The fraction of sp³-hybridized carbons (Fsp3) is 0.933. The SMILES string of the molecule is CCCNC(=O)N1CCCCCC1CN1CCCC1. The van der Waals surface area contributed by atoms with Gasteiger partial charge in [-0.25, -0.2) is 4.79 Å². The second-order valence-electron chi connectivity index (χ2n) is 5.94. The van der Waals surface area contributed by atoms with E-state index in [1.807, 2.05) is 0 Å². The monoisotopic (exact) mass is 267 g/mol. The first-order valence-corrected chi connectivity index (χ1v) is 8.08. The van der Waals surface area contributed by atoms with Crippen molar-refractivity contribution in [3.8, 4) is 0 Å². The van der Waals surface area contributed by atoms with E-state index >= 15 is 0 Å². The zero-order valence-electron chi connectivity index (χ0n) is 12.4. The highest BCUT2D eigenvalue weighted by Gasteiger charge is 2.27. The minimum absolute atomic E-state index is 0.160. The molecule has 2 heterocycles. The molecule has 0 bridgehead atoms. The van der Waals surface area contributed by atoms with Gasteiger partial charge in [-0.15, -0.1) is 0 Å². The van der Waals surface area contributed by atoms with Crippen LogP contribution in [0.1, 0.15) is 51.9 Å². The molecule has 0 saturated carbocycles. The number of carbonyl (C=O) groups excluding carboxylic acids is 1. The van der Waals surface area contributed by atoms with Crippen molar-refractivity contribution in [2.75, 3.05) is 32.7 Å². The van der Waals surface area contributed by atoms with Gasteiger partial charge in [0, 0.05) is 25.7 Å². The summed E-state index contributed by atoms with van der Waals surface area (Å²) in [7, 11) is 0. The Morgan fingerprint density at radius 3 is 2.58 bits per heavy atom. The molecule has 2 rings (SSSR count). The number of likely N-dealkylation sites (tertiary alicyclic amines) is 2. The minimum Gasteiger partial charge on any atom is -0.338 e. The molecule has 4 nitrogen and oxygen atoms in total. The van der Waals surface area contributed by atoms with Crippen LogP contribution in [0.15, 0.2) is 0 Å². The number of rotatable bonds is 4. The van der Waals surface area contributed by atoms with Gasteiger partial charge in [0.2, 0.25) is 0 Å². The Bertz CT molecular complexity index is 277. The van der Waals surface area contributed by atoms with Gasteiger partial charge in [0.05, 0.1) is 0 Å². The Morgan fingerprint density at radius 1 is 1.11 bits per heavy atom. The van der Waals surface area contributed by atoms with Gasteiger partial charge in [0.1, 0.15) is 0 Å². The molecule has 2 aliphatic heterocycles. The van der Waals surface area contributed by atoms with Crippen LogP contribution in [0.25, 0.3) is 0 Å². The van der Waals surface area contributed by atoms with E-state index in [0.717, 1.165) is 32.5 Å². The molecule has 110 valence electrons. The maximum Gasteiger partial charge on any atom is 0.317 e. The summed E-state index contributed by atoms with van der Waals surface area (Å²) in [5.74, 6) is 0. The predicted octanol–water partition coefficient (Wildman–Crippen LogP) is 2.45. The molecule has 2 amide bonds. The van der Waals surface area contributed by atoms with Crippen LogP contribution in [0.2, 0.25) is 0 Å². The summed E-state index contributed by atoms with van der Waals surface area (Å²) in [5.41, 5.74) is 0. The zero-order chi connectivity index (χ0) is 13.5. The summed E-state index contributed by atoms with van der Waals surface area (Å²) in [6.45, 7) is 7.37.